The molecule has 1 rings (SSSR count). The molecule has 0 bridgehead atoms. The molecule has 0 fully saturated rings. The summed E-state index contributed by atoms with van der Waals surface area (Å²) in [5, 5.41) is 7.04. The number of aryl methyl sites for hydroxylation is 1. The van der Waals surface area contributed by atoms with Gasteiger partial charge in [0.25, 0.3) is 0 Å². The normalized spacial score (nSPS) is 11.3. The monoisotopic (exact) mass is 364 g/mol. The van der Waals surface area contributed by atoms with Crippen molar-refractivity contribution in [3.05, 3.63) is 70.2 Å². The highest BCUT2D eigenvalue weighted by Crippen LogP contribution is 2.07. The maximum Gasteiger partial charge on any atom is 0.124 e. The first-order valence-electron chi connectivity index (χ1n) is 8.29. The van der Waals surface area contributed by atoms with Gasteiger partial charge in [-0.2, -0.15) is 0 Å². The lowest BCUT2D eigenvalue weighted by Gasteiger charge is -1.99. The van der Waals surface area contributed by atoms with Gasteiger partial charge in [0.15, 0.2) is 0 Å². The van der Waals surface area contributed by atoms with E-state index in [0.717, 1.165) is 22.4 Å². The van der Waals surface area contributed by atoms with Crippen molar-refractivity contribution in [1.29, 1.82) is 5.41 Å². The molecule has 1 aromatic rings. The Kier molecular flexibility index (Phi) is 17.6. The minimum Gasteiger partial charge on any atom is -0.399 e. The lowest BCUT2D eigenvalue weighted by molar-refractivity contribution is 0.626. The number of halogens is 1. The van der Waals surface area contributed by atoms with Gasteiger partial charge in [-0.05, 0) is 63.1 Å². The van der Waals surface area contributed by atoms with E-state index < -0.39 is 0 Å². The summed E-state index contributed by atoms with van der Waals surface area (Å²) in [5.74, 6) is -0.456. The maximum absolute atomic E-state index is 12.6. The van der Waals surface area contributed by atoms with Gasteiger partial charge in [0.1, 0.15) is 11.7 Å². The third kappa shape index (κ3) is 13.0. The summed E-state index contributed by atoms with van der Waals surface area (Å²) in [5.41, 5.74) is 20.6. The molecule has 4 nitrogen and oxygen atoms in total. The molecule has 148 valence electrons. The van der Waals surface area contributed by atoms with E-state index in [0.29, 0.717) is 12.1 Å². The van der Waals surface area contributed by atoms with Gasteiger partial charge >= 0.3 is 0 Å². The number of amidine groups is 1. The highest BCUT2D eigenvalue weighted by molar-refractivity contribution is 5.95. The molecule has 0 radical (unpaired) electrons. The van der Waals surface area contributed by atoms with Crippen LogP contribution in [0.1, 0.15) is 53.2 Å². The highest BCUT2D eigenvalue weighted by Gasteiger charge is 1.99. The smallest absolute Gasteiger partial charge is 0.124 e. The fraction of sp³-hybridized carbons (Fsp3) is 0.381. The number of nitrogens with two attached hydrogens (primary N) is 3. The van der Waals surface area contributed by atoms with Crippen LogP contribution >= 0.6 is 0 Å². The largest absolute Gasteiger partial charge is 0.399 e. The Labute approximate surface area is 159 Å². The molecule has 0 aliphatic rings. The molecular weight excluding hydrogens is 327 g/mol. The molecule has 5 heteroatoms. The van der Waals surface area contributed by atoms with E-state index in [9.17, 15) is 4.39 Å². The van der Waals surface area contributed by atoms with Gasteiger partial charge in [0.05, 0.1) is 0 Å². The second kappa shape index (κ2) is 16.1. The average molecular weight is 365 g/mol. The maximum atomic E-state index is 12.6. The van der Waals surface area contributed by atoms with Crippen molar-refractivity contribution in [3.8, 4) is 0 Å². The summed E-state index contributed by atoms with van der Waals surface area (Å²) in [4.78, 5) is 0. The summed E-state index contributed by atoms with van der Waals surface area (Å²) in [6, 6.07) is 4.31. The molecule has 0 amide bonds. The Balaban J connectivity index is -0.000000359. The molecule has 26 heavy (non-hydrogen) atoms. The van der Waals surface area contributed by atoms with Crippen LogP contribution in [0.3, 0.4) is 0 Å². The molecule has 0 aliphatic carbocycles. The predicted molar refractivity (Wildman–Crippen MR) is 115 cm³/mol. The van der Waals surface area contributed by atoms with Crippen LogP contribution in [0.25, 0.3) is 0 Å². The van der Waals surface area contributed by atoms with E-state index in [1.165, 1.54) is 12.1 Å². The standard InChI is InChI=1S/C10H18N2.C8H9FN2.C2H6.CH4/c1-4-5-10(12)9(3)6-8(2)7-11;1-5-2-6(8(10)11)4-7(9)3-5;1-2;/h4-6H,7,11-12H2,1-3H3;2-4H,1H3,(H3,10,11);1-2H3;1H4/b5-4-,8-6+,10-9+;;;. The second-order valence-corrected chi connectivity index (χ2v) is 5.26. The Bertz CT molecular complexity index is 609. The van der Waals surface area contributed by atoms with Crippen LogP contribution in [0.2, 0.25) is 0 Å². The lowest BCUT2D eigenvalue weighted by Crippen LogP contribution is -2.11. The number of allylic oxidation sites excluding steroid dienone is 4. The van der Waals surface area contributed by atoms with Crippen molar-refractivity contribution in [1.82, 2.24) is 0 Å². The van der Waals surface area contributed by atoms with E-state index in [2.05, 4.69) is 0 Å². The minimum absolute atomic E-state index is 0. The molecule has 7 N–H and O–H groups in total. The van der Waals surface area contributed by atoms with Gasteiger partial charge in [0, 0.05) is 17.8 Å². The zero-order valence-corrected chi connectivity index (χ0v) is 16.3. The highest BCUT2D eigenvalue weighted by atomic mass is 19.1. The first-order valence-corrected chi connectivity index (χ1v) is 8.29. The molecule has 0 aromatic heterocycles. The summed E-state index contributed by atoms with van der Waals surface area (Å²) in [7, 11) is 0. The lowest BCUT2D eigenvalue weighted by atomic mass is 10.1. The average Bonchev–Trinajstić information content (AvgIpc) is 2.56. The summed E-state index contributed by atoms with van der Waals surface area (Å²) in [6.07, 6.45) is 5.81. The van der Waals surface area contributed by atoms with Gasteiger partial charge < -0.3 is 17.2 Å². The van der Waals surface area contributed by atoms with Crippen LogP contribution in [0, 0.1) is 18.2 Å². The fourth-order valence-electron chi connectivity index (χ4n) is 1.71. The Morgan fingerprint density at radius 1 is 1.15 bits per heavy atom. The van der Waals surface area contributed by atoms with Crippen LogP contribution < -0.4 is 17.2 Å². The summed E-state index contributed by atoms with van der Waals surface area (Å²) in [6.45, 7) is 12.3. The molecule has 0 atom stereocenters. The van der Waals surface area contributed by atoms with E-state index in [1.54, 1.807) is 13.0 Å². The summed E-state index contributed by atoms with van der Waals surface area (Å²) < 4.78 is 12.6. The van der Waals surface area contributed by atoms with E-state index >= 15 is 0 Å². The molecular formula is C21H37FN4. The Morgan fingerprint density at radius 2 is 1.69 bits per heavy atom. The predicted octanol–water partition coefficient (Wildman–Crippen LogP) is 4.78. The van der Waals surface area contributed by atoms with Crippen LogP contribution in [-0.4, -0.2) is 12.4 Å². The Morgan fingerprint density at radius 3 is 2.08 bits per heavy atom. The number of benzene rings is 1. The first kappa shape index (κ1) is 28.4. The SMILES string of the molecule is C.CC.C\C=C/C(N)=C(C)\C=C(/C)CN.Cc1cc(F)cc(C(=N)N)c1. The zero-order valence-electron chi connectivity index (χ0n) is 16.3. The number of nitrogen functional groups attached to an aromatic ring is 1. The minimum atomic E-state index is -0.352. The number of hydrogen-bond acceptors (Lipinski definition) is 3. The van der Waals surface area contributed by atoms with Crippen molar-refractivity contribution >= 4 is 5.84 Å². The van der Waals surface area contributed by atoms with E-state index in [1.807, 2.05) is 52.8 Å². The van der Waals surface area contributed by atoms with Gasteiger partial charge in [0.2, 0.25) is 0 Å². The molecule has 0 saturated carbocycles. The van der Waals surface area contributed by atoms with Gasteiger partial charge in [-0.3, -0.25) is 5.41 Å². The zero-order chi connectivity index (χ0) is 20.0. The molecule has 1 aromatic carbocycles. The van der Waals surface area contributed by atoms with Crippen LogP contribution in [0.4, 0.5) is 4.39 Å². The summed E-state index contributed by atoms with van der Waals surface area (Å²) >= 11 is 0. The molecule has 0 unspecified atom stereocenters. The molecule has 0 heterocycles. The topological polar surface area (TPSA) is 102 Å². The second-order valence-electron chi connectivity index (χ2n) is 5.26. The number of hydrogen-bond donors (Lipinski definition) is 4. The van der Waals surface area contributed by atoms with Crippen LogP contribution in [0.5, 0.6) is 0 Å². The third-order valence-electron chi connectivity index (χ3n) is 2.94. The molecule has 0 spiro atoms. The number of nitrogens with one attached hydrogen (secondary N) is 1. The van der Waals surface area contributed by atoms with Crippen molar-refractivity contribution in [2.75, 3.05) is 6.54 Å². The van der Waals surface area contributed by atoms with Crippen molar-refractivity contribution < 1.29 is 4.39 Å². The molecule has 0 aliphatic heterocycles. The molecule has 0 saturated heterocycles. The quantitative estimate of drug-likeness (QED) is 0.351. The van der Waals surface area contributed by atoms with Gasteiger partial charge in [-0.15, -0.1) is 0 Å². The van der Waals surface area contributed by atoms with Gasteiger partial charge in [-0.25, -0.2) is 4.39 Å². The van der Waals surface area contributed by atoms with Crippen molar-refractivity contribution in [2.24, 2.45) is 17.2 Å². The fourth-order valence-corrected chi connectivity index (χ4v) is 1.71. The van der Waals surface area contributed by atoms with Crippen molar-refractivity contribution in [3.63, 3.8) is 0 Å². The Hall–Kier alpha value is -2.40. The number of rotatable bonds is 4. The van der Waals surface area contributed by atoms with Gasteiger partial charge in [-0.1, -0.05) is 39.0 Å². The van der Waals surface area contributed by atoms with Crippen LogP contribution in [0.15, 0.2) is 53.3 Å². The van der Waals surface area contributed by atoms with E-state index in [4.69, 9.17) is 22.6 Å². The van der Waals surface area contributed by atoms with E-state index in [-0.39, 0.29) is 19.1 Å². The third-order valence-corrected chi connectivity index (χ3v) is 2.94. The first-order chi connectivity index (χ1) is 11.7. The van der Waals surface area contributed by atoms with Crippen molar-refractivity contribution in [2.45, 2.75) is 49.0 Å². The van der Waals surface area contributed by atoms with Crippen LogP contribution in [-0.2, 0) is 0 Å².